The van der Waals surface area contributed by atoms with Gasteiger partial charge in [-0.3, -0.25) is 4.79 Å². The number of aryl methyl sites for hydroxylation is 1. The second-order valence-electron chi connectivity index (χ2n) is 4.97. The summed E-state index contributed by atoms with van der Waals surface area (Å²) in [5.41, 5.74) is 2.77. The van der Waals surface area contributed by atoms with Crippen LogP contribution in [0.4, 0.5) is 0 Å². The number of hydrogen-bond donors (Lipinski definition) is 0. The average molecular weight is 322 g/mol. The van der Waals surface area contributed by atoms with E-state index in [9.17, 15) is 4.79 Å². The second-order valence-corrected chi connectivity index (χ2v) is 5.72. The maximum Gasteiger partial charge on any atom is 0.257 e. The van der Waals surface area contributed by atoms with Gasteiger partial charge in [-0.25, -0.2) is 0 Å². The maximum atomic E-state index is 12.7. The van der Waals surface area contributed by atoms with E-state index in [4.69, 9.17) is 23.2 Å². The molecule has 108 valence electrons. The monoisotopic (exact) mass is 321 g/mol. The minimum atomic E-state index is -0.159. The van der Waals surface area contributed by atoms with Crippen LogP contribution in [-0.4, -0.2) is 27.5 Å². The molecule has 0 radical (unpaired) electrons. The molecular formula is C15H13Cl2N3O. The smallest absolute Gasteiger partial charge is 0.257 e. The number of benzene rings is 1. The van der Waals surface area contributed by atoms with Gasteiger partial charge in [-0.2, -0.15) is 0 Å². The van der Waals surface area contributed by atoms with E-state index in [0.717, 1.165) is 12.8 Å². The molecule has 3 rings (SSSR count). The Labute approximate surface area is 132 Å². The zero-order valence-corrected chi connectivity index (χ0v) is 12.7. The highest BCUT2D eigenvalue weighted by Crippen LogP contribution is 2.23. The molecule has 0 saturated heterocycles. The van der Waals surface area contributed by atoms with Gasteiger partial charge in [0, 0.05) is 13.1 Å². The molecule has 0 N–H and O–H groups in total. The summed E-state index contributed by atoms with van der Waals surface area (Å²) in [5.74, 6) is -0.159. The van der Waals surface area contributed by atoms with Gasteiger partial charge in [-0.05, 0) is 30.0 Å². The van der Waals surface area contributed by atoms with Gasteiger partial charge in [0.15, 0.2) is 10.3 Å². The number of fused-ring (bicyclic) bond motifs is 1. The Morgan fingerprint density at radius 2 is 1.90 bits per heavy atom. The van der Waals surface area contributed by atoms with E-state index in [2.05, 4.69) is 22.3 Å². The highest BCUT2D eigenvalue weighted by Gasteiger charge is 2.23. The van der Waals surface area contributed by atoms with Gasteiger partial charge in [-0.1, -0.05) is 47.5 Å². The molecule has 2 aromatic rings. The van der Waals surface area contributed by atoms with Crippen molar-refractivity contribution in [3.05, 3.63) is 57.3 Å². The number of aromatic nitrogens is 2. The summed E-state index contributed by atoms with van der Waals surface area (Å²) in [6.07, 6.45) is 1.90. The summed E-state index contributed by atoms with van der Waals surface area (Å²) in [7, 11) is 0. The van der Waals surface area contributed by atoms with E-state index in [-0.39, 0.29) is 16.2 Å². The van der Waals surface area contributed by atoms with E-state index in [0.29, 0.717) is 18.7 Å². The largest absolute Gasteiger partial charge is 0.334 e. The summed E-state index contributed by atoms with van der Waals surface area (Å²) in [5, 5.41) is 7.58. The van der Waals surface area contributed by atoms with E-state index in [1.54, 1.807) is 4.90 Å². The first-order valence-corrected chi connectivity index (χ1v) is 7.45. The van der Waals surface area contributed by atoms with Crippen LogP contribution in [0.5, 0.6) is 0 Å². The van der Waals surface area contributed by atoms with Gasteiger partial charge in [0.1, 0.15) is 0 Å². The molecule has 2 heterocycles. The zero-order valence-electron chi connectivity index (χ0n) is 11.2. The number of hydrogen-bond acceptors (Lipinski definition) is 3. The summed E-state index contributed by atoms with van der Waals surface area (Å²) in [4.78, 5) is 14.4. The van der Waals surface area contributed by atoms with Crippen molar-refractivity contribution in [1.29, 1.82) is 0 Å². The first-order chi connectivity index (χ1) is 10.1. The van der Waals surface area contributed by atoms with Crippen LogP contribution in [0.15, 0.2) is 30.3 Å². The molecule has 1 aromatic carbocycles. The van der Waals surface area contributed by atoms with E-state index < -0.39 is 0 Å². The van der Waals surface area contributed by atoms with E-state index in [1.165, 1.54) is 17.2 Å². The Morgan fingerprint density at radius 3 is 2.71 bits per heavy atom. The molecule has 1 aromatic heterocycles. The van der Waals surface area contributed by atoms with Crippen LogP contribution in [0.25, 0.3) is 0 Å². The summed E-state index contributed by atoms with van der Waals surface area (Å²) >= 11 is 11.8. The van der Waals surface area contributed by atoms with Crippen LogP contribution in [0.3, 0.4) is 0 Å². The summed E-state index contributed by atoms with van der Waals surface area (Å²) < 4.78 is 0. The predicted molar refractivity (Wildman–Crippen MR) is 81.6 cm³/mol. The van der Waals surface area contributed by atoms with Gasteiger partial charge >= 0.3 is 0 Å². The molecule has 1 aliphatic heterocycles. The van der Waals surface area contributed by atoms with Crippen LogP contribution in [0, 0.1) is 0 Å². The maximum absolute atomic E-state index is 12.7. The van der Waals surface area contributed by atoms with Crippen molar-refractivity contribution in [3.63, 3.8) is 0 Å². The first-order valence-electron chi connectivity index (χ1n) is 6.70. The van der Waals surface area contributed by atoms with Crippen LogP contribution in [-0.2, 0) is 13.0 Å². The lowest BCUT2D eigenvalue weighted by atomic mass is 10.0. The lowest BCUT2D eigenvalue weighted by molar-refractivity contribution is 0.0745. The minimum Gasteiger partial charge on any atom is -0.334 e. The Bertz CT molecular complexity index is 690. The molecule has 0 spiro atoms. The number of rotatable bonds is 1. The van der Waals surface area contributed by atoms with Crippen molar-refractivity contribution in [2.24, 2.45) is 0 Å². The average Bonchev–Trinajstić information content (AvgIpc) is 2.71. The third-order valence-corrected chi connectivity index (χ3v) is 4.05. The van der Waals surface area contributed by atoms with Crippen molar-refractivity contribution in [2.45, 2.75) is 19.4 Å². The van der Waals surface area contributed by atoms with Crippen molar-refractivity contribution < 1.29 is 4.79 Å². The Morgan fingerprint density at radius 1 is 1.14 bits per heavy atom. The van der Waals surface area contributed by atoms with Gasteiger partial charge in [0.05, 0.1) is 5.56 Å². The highest BCUT2D eigenvalue weighted by molar-refractivity contribution is 6.34. The molecule has 0 saturated carbocycles. The van der Waals surface area contributed by atoms with Crippen molar-refractivity contribution >= 4 is 29.1 Å². The minimum absolute atomic E-state index is 0.0851. The summed E-state index contributed by atoms with van der Waals surface area (Å²) in [6, 6.07) is 9.65. The van der Waals surface area contributed by atoms with Gasteiger partial charge in [0.25, 0.3) is 5.91 Å². The molecule has 4 nitrogen and oxygen atoms in total. The molecule has 0 bridgehead atoms. The quantitative estimate of drug-likeness (QED) is 0.809. The lowest BCUT2D eigenvalue weighted by Crippen LogP contribution is -2.31. The fourth-order valence-corrected chi connectivity index (χ4v) is 2.87. The van der Waals surface area contributed by atoms with E-state index >= 15 is 0 Å². The summed E-state index contributed by atoms with van der Waals surface area (Å²) in [6.45, 7) is 1.26. The molecule has 0 aliphatic carbocycles. The molecule has 1 aliphatic rings. The Kier molecular flexibility index (Phi) is 4.08. The molecule has 21 heavy (non-hydrogen) atoms. The Balaban J connectivity index is 1.90. The second kappa shape index (κ2) is 6.00. The third kappa shape index (κ3) is 3.01. The van der Waals surface area contributed by atoms with Crippen molar-refractivity contribution in [2.75, 3.05) is 6.54 Å². The number of carbonyl (C=O) groups is 1. The fourth-order valence-electron chi connectivity index (χ4n) is 2.55. The lowest BCUT2D eigenvalue weighted by Gasteiger charge is -2.21. The van der Waals surface area contributed by atoms with Crippen LogP contribution in [0.2, 0.25) is 10.3 Å². The highest BCUT2D eigenvalue weighted by atomic mass is 35.5. The molecule has 1 amide bonds. The predicted octanol–water partition coefficient (Wildman–Crippen LogP) is 3.37. The molecule has 0 unspecified atom stereocenters. The number of halogens is 2. The number of nitrogens with zero attached hydrogens (tertiary/aromatic N) is 3. The number of carbonyl (C=O) groups excluding carboxylic acids is 1. The van der Waals surface area contributed by atoms with E-state index in [1.807, 2.05) is 12.1 Å². The van der Waals surface area contributed by atoms with Crippen LogP contribution in [0.1, 0.15) is 27.9 Å². The number of amides is 1. The molecule has 0 atom stereocenters. The molecular weight excluding hydrogens is 309 g/mol. The van der Waals surface area contributed by atoms with Crippen molar-refractivity contribution in [1.82, 2.24) is 15.1 Å². The van der Waals surface area contributed by atoms with Crippen molar-refractivity contribution in [3.8, 4) is 0 Å². The van der Waals surface area contributed by atoms with Crippen LogP contribution < -0.4 is 0 Å². The standard InChI is InChI=1S/C15H13Cl2N3O/c16-13-8-12(14(17)19-18-13)15(21)20-7-3-6-10-4-1-2-5-11(10)9-20/h1-2,4-5,8H,3,6-7,9H2. The molecule has 0 fully saturated rings. The third-order valence-electron chi connectivity index (χ3n) is 3.59. The molecule has 6 heteroatoms. The SMILES string of the molecule is O=C(c1cc(Cl)nnc1Cl)N1CCCc2ccccc2C1. The topological polar surface area (TPSA) is 46.1 Å². The zero-order chi connectivity index (χ0) is 14.8. The normalized spacial score (nSPS) is 14.5. The Hall–Kier alpha value is -1.65. The van der Waals surface area contributed by atoms with Gasteiger partial charge in [0.2, 0.25) is 0 Å². The van der Waals surface area contributed by atoms with Gasteiger partial charge in [-0.15, -0.1) is 10.2 Å². The van der Waals surface area contributed by atoms with Gasteiger partial charge < -0.3 is 4.90 Å². The van der Waals surface area contributed by atoms with Crippen LogP contribution >= 0.6 is 23.2 Å². The first kappa shape index (κ1) is 14.3. The fraction of sp³-hybridized carbons (Fsp3) is 0.267.